The number of methoxy groups -OCH3 is 4. The van der Waals surface area contributed by atoms with E-state index < -0.39 is 20.0 Å². The van der Waals surface area contributed by atoms with Gasteiger partial charge in [-0.25, -0.2) is 16.8 Å². The van der Waals surface area contributed by atoms with E-state index in [1.807, 2.05) is 91.8 Å². The summed E-state index contributed by atoms with van der Waals surface area (Å²) in [6.07, 6.45) is 3.25. The monoisotopic (exact) mass is 889 g/mol. The summed E-state index contributed by atoms with van der Waals surface area (Å²) in [4.78, 5) is 2.02. The van der Waals surface area contributed by atoms with Crippen LogP contribution in [0.1, 0.15) is 22.3 Å². The molecule has 0 bridgehead atoms. The third-order valence-electron chi connectivity index (χ3n) is 9.62. The third kappa shape index (κ3) is 13.1. The summed E-state index contributed by atoms with van der Waals surface area (Å²) in [7, 11) is 2.60. The van der Waals surface area contributed by atoms with Crippen molar-refractivity contribution in [3.05, 3.63) is 144 Å². The largest absolute Gasteiger partial charge is 0.497 e. The second-order valence-corrected chi connectivity index (χ2v) is 18.1. The summed E-state index contributed by atoms with van der Waals surface area (Å²) >= 11 is 0. The van der Waals surface area contributed by atoms with Gasteiger partial charge in [-0.05, 0) is 97.0 Å². The molecule has 0 amide bonds. The highest BCUT2D eigenvalue weighted by molar-refractivity contribution is 7.89. The van der Waals surface area contributed by atoms with Crippen molar-refractivity contribution in [1.29, 1.82) is 0 Å². The molecule has 1 N–H and O–H groups in total. The maximum Gasteiger partial charge on any atom is 0.262 e. The van der Waals surface area contributed by atoms with Crippen molar-refractivity contribution in [2.45, 2.75) is 49.3 Å². The van der Waals surface area contributed by atoms with Crippen molar-refractivity contribution in [3.63, 3.8) is 0 Å². The van der Waals surface area contributed by atoms with Gasteiger partial charge >= 0.3 is 0 Å². The molecule has 2 heterocycles. The summed E-state index contributed by atoms with van der Waals surface area (Å²) < 4.78 is 80.4. The van der Waals surface area contributed by atoms with E-state index in [4.69, 9.17) is 24.1 Å². The SMILES string of the molecule is COc1ccc(CN(Cc2ccc(OC)cc2)S(=O)(=O)c2ccn(CCN(C)C)n2)cc1.COc1ccc(CN(Cc2ccc(OC)cc2)S(=O)(=O)c2ccn(CCO)n2)cc1. The quantitative estimate of drug-likeness (QED) is 0.101. The maximum atomic E-state index is 13.5. The molecule has 0 unspecified atom stereocenters. The number of ether oxygens (including phenoxy) is 4. The average molecular weight is 890 g/mol. The topological polar surface area (TPSA) is 171 Å². The van der Waals surface area contributed by atoms with Crippen LogP contribution in [0, 0.1) is 0 Å². The summed E-state index contributed by atoms with van der Waals surface area (Å²) in [5.74, 6) is 2.84. The van der Waals surface area contributed by atoms with Crippen LogP contribution in [0.3, 0.4) is 0 Å². The minimum atomic E-state index is -3.87. The minimum Gasteiger partial charge on any atom is -0.497 e. The number of benzene rings is 4. The van der Waals surface area contributed by atoms with Gasteiger partial charge in [0.1, 0.15) is 23.0 Å². The van der Waals surface area contributed by atoms with Gasteiger partial charge in [-0.2, -0.15) is 18.8 Å². The van der Waals surface area contributed by atoms with Crippen LogP contribution in [0.5, 0.6) is 23.0 Å². The van der Waals surface area contributed by atoms with Crippen molar-refractivity contribution in [3.8, 4) is 23.0 Å². The smallest absolute Gasteiger partial charge is 0.262 e. The molecule has 0 saturated heterocycles. The standard InChI is InChI=1S/C23H30N4O4S.C21H25N3O5S/c1-25(2)15-16-26-14-13-23(24-26)32(28,29)27(17-19-5-9-21(30-3)10-6-19)18-20-7-11-22(31-4)12-8-20;1-28-19-7-3-17(4-8-19)15-24(16-18-5-9-20(29-2)10-6-18)30(26,27)21-11-12-23(22-21)13-14-25/h5-14H,15-18H2,1-4H3;3-12,25H,13-16H2,1-2H3. The Morgan fingerprint density at radius 3 is 1.03 bits per heavy atom. The first-order valence-electron chi connectivity index (χ1n) is 19.6. The van der Waals surface area contributed by atoms with Crippen LogP contribution < -0.4 is 18.9 Å². The van der Waals surface area contributed by atoms with E-state index in [1.54, 1.807) is 75.8 Å². The zero-order valence-electron chi connectivity index (χ0n) is 35.9. The third-order valence-corrected chi connectivity index (χ3v) is 13.0. The van der Waals surface area contributed by atoms with Gasteiger partial charge in [-0.1, -0.05) is 48.5 Å². The molecule has 0 aliphatic carbocycles. The molecule has 62 heavy (non-hydrogen) atoms. The molecule has 6 aromatic rings. The van der Waals surface area contributed by atoms with Crippen molar-refractivity contribution in [2.75, 3.05) is 55.7 Å². The van der Waals surface area contributed by atoms with Crippen molar-refractivity contribution in [1.82, 2.24) is 33.1 Å². The molecule has 0 aliphatic rings. The fraction of sp³-hybridized carbons (Fsp3) is 0.318. The molecular formula is C44H55N7O9S2. The highest BCUT2D eigenvalue weighted by Crippen LogP contribution is 2.25. The Bertz CT molecular complexity index is 2390. The lowest BCUT2D eigenvalue weighted by Gasteiger charge is -2.21. The van der Waals surface area contributed by atoms with Crippen molar-refractivity contribution in [2.24, 2.45) is 0 Å². The van der Waals surface area contributed by atoms with Crippen LogP contribution in [0.2, 0.25) is 0 Å². The Kier molecular flexibility index (Phi) is 17.1. The van der Waals surface area contributed by atoms with E-state index in [2.05, 4.69) is 10.2 Å². The minimum absolute atomic E-state index is 0.0401. The summed E-state index contributed by atoms with van der Waals surface area (Å²) in [5.41, 5.74) is 3.36. The van der Waals surface area contributed by atoms with Crippen LogP contribution >= 0.6 is 0 Å². The summed E-state index contributed by atoms with van der Waals surface area (Å²) in [5, 5.41) is 17.5. The Hall–Kier alpha value is -5.76. The second-order valence-electron chi connectivity index (χ2n) is 14.3. The molecule has 6 rings (SSSR count). The molecule has 0 spiro atoms. The van der Waals surface area contributed by atoms with E-state index >= 15 is 0 Å². The highest BCUT2D eigenvalue weighted by atomic mass is 32.2. The lowest BCUT2D eigenvalue weighted by molar-refractivity contribution is 0.268. The lowest BCUT2D eigenvalue weighted by Crippen LogP contribution is -2.31. The first-order chi connectivity index (χ1) is 29.8. The van der Waals surface area contributed by atoms with Crippen LogP contribution in [-0.2, 0) is 59.3 Å². The van der Waals surface area contributed by atoms with Crippen LogP contribution in [-0.4, -0.2) is 111 Å². The number of hydrogen-bond donors (Lipinski definition) is 1. The van der Waals surface area contributed by atoms with Crippen LogP contribution in [0.4, 0.5) is 0 Å². The zero-order valence-corrected chi connectivity index (χ0v) is 37.5. The molecule has 0 saturated carbocycles. The predicted octanol–water partition coefficient (Wildman–Crippen LogP) is 5.14. The van der Waals surface area contributed by atoms with Crippen LogP contribution in [0.25, 0.3) is 0 Å². The Morgan fingerprint density at radius 1 is 0.484 bits per heavy atom. The van der Waals surface area contributed by atoms with Crippen molar-refractivity contribution < 1.29 is 40.9 Å². The van der Waals surface area contributed by atoms with E-state index in [1.165, 1.54) is 19.4 Å². The molecular weight excluding hydrogens is 835 g/mol. The number of nitrogens with zero attached hydrogens (tertiary/aromatic N) is 7. The first kappa shape index (κ1) is 47.3. The molecule has 0 fully saturated rings. The number of aromatic nitrogens is 4. The fourth-order valence-electron chi connectivity index (χ4n) is 6.07. The molecule has 4 aromatic carbocycles. The lowest BCUT2D eigenvalue weighted by atomic mass is 10.2. The van der Waals surface area contributed by atoms with Crippen LogP contribution in [0.15, 0.2) is 132 Å². The van der Waals surface area contributed by atoms with Gasteiger partial charge in [0, 0.05) is 45.1 Å². The highest BCUT2D eigenvalue weighted by Gasteiger charge is 2.29. The molecule has 18 heteroatoms. The number of aliphatic hydroxyl groups is 1. The molecule has 0 aliphatic heterocycles. The average Bonchev–Trinajstić information content (AvgIpc) is 3.98. The normalized spacial score (nSPS) is 11.7. The molecule has 0 radical (unpaired) electrons. The Balaban J connectivity index is 0.000000235. The van der Waals surface area contributed by atoms with E-state index in [0.717, 1.165) is 40.3 Å². The van der Waals surface area contributed by atoms with Crippen molar-refractivity contribution >= 4 is 20.0 Å². The van der Waals surface area contributed by atoms with Gasteiger partial charge in [0.15, 0.2) is 10.1 Å². The van der Waals surface area contributed by atoms with Gasteiger partial charge in [-0.3, -0.25) is 9.36 Å². The zero-order chi connectivity index (χ0) is 44.7. The molecule has 0 atom stereocenters. The second kappa shape index (κ2) is 22.4. The van der Waals surface area contributed by atoms with E-state index in [9.17, 15) is 16.8 Å². The van der Waals surface area contributed by atoms with Gasteiger partial charge in [-0.15, -0.1) is 0 Å². The fourth-order valence-corrected chi connectivity index (χ4v) is 8.76. The van der Waals surface area contributed by atoms with E-state index in [0.29, 0.717) is 18.0 Å². The number of sulfonamides is 2. The number of hydrogen-bond acceptors (Lipinski definition) is 12. The summed E-state index contributed by atoms with van der Waals surface area (Å²) in [6, 6.07) is 32.3. The van der Waals surface area contributed by atoms with Gasteiger partial charge in [0.05, 0.1) is 48.1 Å². The van der Waals surface area contributed by atoms with Gasteiger partial charge in [0.25, 0.3) is 20.0 Å². The Morgan fingerprint density at radius 2 is 0.774 bits per heavy atom. The van der Waals surface area contributed by atoms with E-state index in [-0.39, 0.29) is 49.4 Å². The maximum absolute atomic E-state index is 13.5. The number of likely N-dealkylation sites (N-methyl/N-ethyl adjacent to an activating group) is 1. The summed E-state index contributed by atoms with van der Waals surface area (Å²) in [6.45, 7) is 2.25. The Labute approximate surface area is 364 Å². The number of rotatable bonds is 21. The van der Waals surface area contributed by atoms with Gasteiger partial charge < -0.3 is 29.0 Å². The molecule has 2 aromatic heterocycles. The first-order valence-corrected chi connectivity index (χ1v) is 22.5. The predicted molar refractivity (Wildman–Crippen MR) is 235 cm³/mol. The molecule has 332 valence electrons. The number of aliphatic hydroxyl groups excluding tert-OH is 1. The van der Waals surface area contributed by atoms with Gasteiger partial charge in [0.2, 0.25) is 0 Å². The molecule has 16 nitrogen and oxygen atoms in total.